The Morgan fingerprint density at radius 1 is 1.53 bits per heavy atom. The van der Waals surface area contributed by atoms with Crippen LogP contribution in [0.15, 0.2) is 17.8 Å². The second-order valence-electron chi connectivity index (χ2n) is 3.91. The lowest BCUT2D eigenvalue weighted by atomic mass is 10.2. The van der Waals surface area contributed by atoms with Crippen LogP contribution < -0.4 is 5.73 Å². The van der Waals surface area contributed by atoms with Crippen LogP contribution in [-0.4, -0.2) is 14.8 Å². The number of nitrogens with two attached hydrogens (primary N) is 1. The molecule has 0 radical (unpaired) electrons. The first-order chi connectivity index (χ1) is 7.18. The summed E-state index contributed by atoms with van der Waals surface area (Å²) in [5.74, 6) is 1.44. The van der Waals surface area contributed by atoms with Gasteiger partial charge in [0, 0.05) is 6.54 Å². The smallest absolute Gasteiger partial charge is 0.175 e. The van der Waals surface area contributed by atoms with Gasteiger partial charge in [-0.15, -0.1) is 21.5 Å². The van der Waals surface area contributed by atoms with Gasteiger partial charge in [-0.05, 0) is 17.4 Å². The molecule has 2 N–H and O–H groups in total. The number of thiophene rings is 1. The molecular weight excluding hydrogens is 208 g/mol. The van der Waals surface area contributed by atoms with Gasteiger partial charge < -0.3 is 10.3 Å². The molecule has 2 rings (SSSR count). The van der Waals surface area contributed by atoms with E-state index in [2.05, 4.69) is 24.0 Å². The Morgan fingerprint density at radius 3 is 2.93 bits per heavy atom. The van der Waals surface area contributed by atoms with E-state index in [1.165, 1.54) is 0 Å². The monoisotopic (exact) mass is 222 g/mol. The SMILES string of the molecule is CC(C)Cn1cnnc1-c1sccc1N. The molecule has 4 nitrogen and oxygen atoms in total. The topological polar surface area (TPSA) is 56.7 Å². The molecule has 0 aliphatic rings. The third-order valence-electron chi connectivity index (χ3n) is 2.08. The number of hydrogen-bond acceptors (Lipinski definition) is 4. The average Bonchev–Trinajstić information content (AvgIpc) is 2.73. The van der Waals surface area contributed by atoms with Gasteiger partial charge in [0.2, 0.25) is 0 Å². The molecule has 2 aromatic rings. The molecule has 2 heterocycles. The van der Waals surface area contributed by atoms with E-state index in [0.717, 1.165) is 22.9 Å². The normalized spacial score (nSPS) is 11.1. The molecule has 15 heavy (non-hydrogen) atoms. The number of rotatable bonds is 3. The van der Waals surface area contributed by atoms with Crippen molar-refractivity contribution in [2.75, 3.05) is 5.73 Å². The summed E-state index contributed by atoms with van der Waals surface area (Å²) in [5.41, 5.74) is 6.64. The molecule has 2 aromatic heterocycles. The molecule has 0 fully saturated rings. The maximum Gasteiger partial charge on any atom is 0.175 e. The molecule has 0 aliphatic heterocycles. The van der Waals surface area contributed by atoms with Crippen molar-refractivity contribution in [3.05, 3.63) is 17.8 Å². The summed E-state index contributed by atoms with van der Waals surface area (Å²) >= 11 is 1.60. The predicted molar refractivity (Wildman–Crippen MR) is 62.6 cm³/mol. The van der Waals surface area contributed by atoms with E-state index >= 15 is 0 Å². The summed E-state index contributed by atoms with van der Waals surface area (Å²) < 4.78 is 2.05. The largest absolute Gasteiger partial charge is 0.397 e. The zero-order chi connectivity index (χ0) is 10.8. The fraction of sp³-hybridized carbons (Fsp3) is 0.400. The van der Waals surface area contributed by atoms with E-state index in [1.807, 2.05) is 16.0 Å². The third-order valence-corrected chi connectivity index (χ3v) is 3.00. The zero-order valence-corrected chi connectivity index (χ0v) is 9.66. The van der Waals surface area contributed by atoms with E-state index in [4.69, 9.17) is 5.73 Å². The highest BCUT2D eigenvalue weighted by Crippen LogP contribution is 2.29. The van der Waals surface area contributed by atoms with Crippen molar-refractivity contribution in [2.24, 2.45) is 5.92 Å². The van der Waals surface area contributed by atoms with Crippen LogP contribution in [0.1, 0.15) is 13.8 Å². The van der Waals surface area contributed by atoms with Crippen LogP contribution in [0, 0.1) is 5.92 Å². The van der Waals surface area contributed by atoms with Crippen molar-refractivity contribution in [3.8, 4) is 10.7 Å². The molecule has 0 saturated heterocycles. The number of nitrogen functional groups attached to an aromatic ring is 1. The predicted octanol–water partition coefficient (Wildman–Crippen LogP) is 2.24. The number of anilines is 1. The Labute approximate surface area is 92.8 Å². The lowest BCUT2D eigenvalue weighted by molar-refractivity contribution is 0.526. The van der Waals surface area contributed by atoms with Crippen LogP contribution in [0.2, 0.25) is 0 Å². The van der Waals surface area contributed by atoms with Crippen molar-refractivity contribution >= 4 is 17.0 Å². The van der Waals surface area contributed by atoms with Crippen molar-refractivity contribution in [1.82, 2.24) is 14.8 Å². The lowest BCUT2D eigenvalue weighted by Gasteiger charge is -2.08. The van der Waals surface area contributed by atoms with Crippen LogP contribution >= 0.6 is 11.3 Å². The van der Waals surface area contributed by atoms with Crippen molar-refractivity contribution in [1.29, 1.82) is 0 Å². The molecule has 0 aromatic carbocycles. The van der Waals surface area contributed by atoms with Crippen LogP contribution in [-0.2, 0) is 6.54 Å². The van der Waals surface area contributed by atoms with Crippen molar-refractivity contribution < 1.29 is 0 Å². The van der Waals surface area contributed by atoms with Crippen LogP contribution in [0.3, 0.4) is 0 Å². The second-order valence-corrected chi connectivity index (χ2v) is 4.82. The Kier molecular flexibility index (Phi) is 2.73. The molecular formula is C10H14N4S. The van der Waals surface area contributed by atoms with Gasteiger partial charge in [0.1, 0.15) is 6.33 Å². The Hall–Kier alpha value is -1.36. The number of nitrogens with zero attached hydrogens (tertiary/aromatic N) is 3. The summed E-state index contributed by atoms with van der Waals surface area (Å²) in [6, 6.07) is 1.90. The fourth-order valence-corrected chi connectivity index (χ4v) is 2.28. The highest BCUT2D eigenvalue weighted by molar-refractivity contribution is 7.14. The Morgan fingerprint density at radius 2 is 2.33 bits per heavy atom. The Bertz CT molecular complexity index is 444. The minimum absolute atomic E-state index is 0.570. The molecule has 0 unspecified atom stereocenters. The van der Waals surface area contributed by atoms with E-state index in [-0.39, 0.29) is 0 Å². The first kappa shape index (κ1) is 10.2. The Balaban J connectivity index is 2.37. The van der Waals surface area contributed by atoms with E-state index in [1.54, 1.807) is 17.7 Å². The van der Waals surface area contributed by atoms with Crippen molar-refractivity contribution in [3.63, 3.8) is 0 Å². The molecule has 0 spiro atoms. The first-order valence-corrected chi connectivity index (χ1v) is 5.77. The highest BCUT2D eigenvalue weighted by atomic mass is 32.1. The maximum atomic E-state index is 5.86. The average molecular weight is 222 g/mol. The molecule has 0 atom stereocenters. The summed E-state index contributed by atoms with van der Waals surface area (Å²) in [6.07, 6.45) is 1.76. The van der Waals surface area contributed by atoms with Gasteiger partial charge in [0.15, 0.2) is 5.82 Å². The zero-order valence-electron chi connectivity index (χ0n) is 8.84. The highest BCUT2D eigenvalue weighted by Gasteiger charge is 2.12. The lowest BCUT2D eigenvalue weighted by Crippen LogP contribution is -2.05. The van der Waals surface area contributed by atoms with Crippen molar-refractivity contribution in [2.45, 2.75) is 20.4 Å². The summed E-state index contributed by atoms with van der Waals surface area (Å²) in [6.45, 7) is 5.25. The van der Waals surface area contributed by atoms with Crippen LogP contribution in [0.25, 0.3) is 10.7 Å². The van der Waals surface area contributed by atoms with Gasteiger partial charge in [-0.25, -0.2) is 0 Å². The maximum absolute atomic E-state index is 5.86. The summed E-state index contributed by atoms with van der Waals surface area (Å²) in [4.78, 5) is 1.01. The molecule has 0 aliphatic carbocycles. The molecule has 0 bridgehead atoms. The van der Waals surface area contributed by atoms with E-state index in [9.17, 15) is 0 Å². The minimum Gasteiger partial charge on any atom is -0.397 e. The van der Waals surface area contributed by atoms with Gasteiger partial charge in [0.25, 0.3) is 0 Å². The van der Waals surface area contributed by atoms with Gasteiger partial charge in [0.05, 0.1) is 10.6 Å². The molecule has 80 valence electrons. The van der Waals surface area contributed by atoms with Gasteiger partial charge >= 0.3 is 0 Å². The number of hydrogen-bond donors (Lipinski definition) is 1. The van der Waals surface area contributed by atoms with E-state index in [0.29, 0.717) is 5.92 Å². The minimum atomic E-state index is 0.570. The van der Waals surface area contributed by atoms with Gasteiger partial charge in [-0.2, -0.15) is 0 Å². The summed E-state index contributed by atoms with van der Waals surface area (Å²) in [5, 5.41) is 10.0. The quantitative estimate of drug-likeness (QED) is 0.866. The summed E-state index contributed by atoms with van der Waals surface area (Å²) in [7, 11) is 0. The third kappa shape index (κ3) is 2.02. The second kappa shape index (κ2) is 4.02. The molecule has 0 saturated carbocycles. The fourth-order valence-electron chi connectivity index (χ4n) is 1.46. The number of aromatic nitrogens is 3. The molecule has 5 heteroatoms. The van der Waals surface area contributed by atoms with E-state index < -0.39 is 0 Å². The van der Waals surface area contributed by atoms with Gasteiger partial charge in [-0.1, -0.05) is 13.8 Å². The first-order valence-electron chi connectivity index (χ1n) is 4.89. The van der Waals surface area contributed by atoms with Crippen LogP contribution in [0.5, 0.6) is 0 Å². The standard InChI is InChI=1S/C10H14N4S/c1-7(2)5-14-6-12-13-10(14)9-8(11)3-4-15-9/h3-4,6-7H,5,11H2,1-2H3. The van der Waals surface area contributed by atoms with Gasteiger partial charge in [-0.3, -0.25) is 0 Å². The van der Waals surface area contributed by atoms with Crippen LogP contribution in [0.4, 0.5) is 5.69 Å². The molecule has 0 amide bonds.